The second kappa shape index (κ2) is 3.91. The Labute approximate surface area is 83.5 Å². The van der Waals surface area contributed by atoms with E-state index in [1.807, 2.05) is 6.92 Å². The highest BCUT2D eigenvalue weighted by molar-refractivity contribution is 7.53. The van der Waals surface area contributed by atoms with Crippen molar-refractivity contribution in [3.63, 3.8) is 0 Å². The molecule has 0 aromatic heterocycles. The molecule has 0 spiro atoms. The summed E-state index contributed by atoms with van der Waals surface area (Å²) < 4.78 is 11.2. The van der Waals surface area contributed by atoms with Gasteiger partial charge in [0, 0.05) is 0 Å². The number of hydrogen-bond donors (Lipinski definition) is 4. The highest BCUT2D eigenvalue weighted by Crippen LogP contribution is 2.56. The average molecular weight is 223 g/mol. The molecule has 0 heterocycles. The Hall–Kier alpha value is 0.0700. The molecule has 3 atom stereocenters. The van der Waals surface area contributed by atoms with E-state index in [9.17, 15) is 4.57 Å². The highest BCUT2D eigenvalue weighted by Gasteiger charge is 2.52. The van der Waals surface area contributed by atoms with Crippen LogP contribution in [0.1, 0.15) is 26.2 Å². The van der Waals surface area contributed by atoms with E-state index >= 15 is 0 Å². The van der Waals surface area contributed by atoms with Crippen molar-refractivity contribution in [2.75, 3.05) is 6.61 Å². The van der Waals surface area contributed by atoms with Gasteiger partial charge in [-0.2, -0.15) is 0 Å². The molecule has 14 heavy (non-hydrogen) atoms. The summed E-state index contributed by atoms with van der Waals surface area (Å²) in [5, 5.41) is 7.33. The summed E-state index contributed by atoms with van der Waals surface area (Å²) in [7, 11) is -4.45. The first-order valence-electron chi connectivity index (χ1n) is 4.78. The Morgan fingerprint density at radius 1 is 1.50 bits per heavy atom. The van der Waals surface area contributed by atoms with Crippen molar-refractivity contribution in [1.29, 1.82) is 0 Å². The van der Waals surface area contributed by atoms with Crippen molar-refractivity contribution in [2.24, 2.45) is 17.6 Å². The first kappa shape index (κ1) is 12.1. The van der Waals surface area contributed by atoms with Gasteiger partial charge in [-0.1, -0.05) is 19.8 Å². The molecule has 1 unspecified atom stereocenters. The molecule has 0 amide bonds. The molecule has 1 saturated carbocycles. The van der Waals surface area contributed by atoms with E-state index < -0.39 is 19.5 Å². The minimum atomic E-state index is -4.45. The van der Waals surface area contributed by atoms with E-state index in [1.54, 1.807) is 0 Å². The van der Waals surface area contributed by atoms with Gasteiger partial charge in [0.05, 0.1) is 6.61 Å². The van der Waals surface area contributed by atoms with Gasteiger partial charge in [-0.25, -0.2) is 0 Å². The van der Waals surface area contributed by atoms with Crippen LogP contribution in [0, 0.1) is 11.8 Å². The van der Waals surface area contributed by atoms with Crippen LogP contribution < -0.4 is 5.73 Å². The summed E-state index contributed by atoms with van der Waals surface area (Å²) in [6.07, 6.45) is 2.53. The third kappa shape index (κ3) is 1.88. The summed E-state index contributed by atoms with van der Waals surface area (Å²) in [5.41, 5.74) is 5.66. The maximum absolute atomic E-state index is 11.2. The summed E-state index contributed by atoms with van der Waals surface area (Å²) in [6, 6.07) is 0. The van der Waals surface area contributed by atoms with Gasteiger partial charge < -0.3 is 20.6 Å². The van der Waals surface area contributed by atoms with Gasteiger partial charge in [0.1, 0.15) is 5.28 Å². The second-order valence-corrected chi connectivity index (χ2v) is 6.13. The largest absolute Gasteiger partial charge is 0.394 e. The molecule has 1 aliphatic rings. The smallest absolute Gasteiger partial charge is 0.347 e. The average Bonchev–Trinajstić information content (AvgIpc) is 2.48. The summed E-state index contributed by atoms with van der Waals surface area (Å²) in [4.78, 5) is 18.3. The van der Waals surface area contributed by atoms with Crippen molar-refractivity contribution >= 4 is 7.60 Å². The van der Waals surface area contributed by atoms with E-state index in [0.29, 0.717) is 6.42 Å². The zero-order chi connectivity index (χ0) is 11.0. The van der Waals surface area contributed by atoms with E-state index in [-0.39, 0.29) is 11.8 Å². The Balaban J connectivity index is 2.95. The first-order chi connectivity index (χ1) is 6.33. The highest BCUT2D eigenvalue weighted by atomic mass is 31.2. The fraction of sp³-hybridized carbons (Fsp3) is 1.00. The zero-order valence-corrected chi connectivity index (χ0v) is 9.15. The molecule has 1 rings (SSSR count). The van der Waals surface area contributed by atoms with E-state index in [4.69, 9.17) is 20.6 Å². The molecule has 84 valence electrons. The molecule has 0 bridgehead atoms. The molecule has 0 aromatic carbocycles. The Bertz CT molecular complexity index is 254. The van der Waals surface area contributed by atoms with Crippen LogP contribution in [0.15, 0.2) is 0 Å². The molecule has 0 aromatic rings. The maximum atomic E-state index is 11.2. The molecule has 5 nitrogen and oxygen atoms in total. The number of aliphatic hydroxyl groups is 1. The van der Waals surface area contributed by atoms with Crippen molar-refractivity contribution in [2.45, 2.75) is 31.5 Å². The van der Waals surface area contributed by atoms with Gasteiger partial charge in [-0.3, -0.25) is 4.57 Å². The summed E-state index contributed by atoms with van der Waals surface area (Å²) in [5.74, 6) is -0.117. The first-order valence-corrected chi connectivity index (χ1v) is 6.39. The molecule has 0 radical (unpaired) electrons. The quantitative estimate of drug-likeness (QED) is 0.513. The molecule has 5 N–H and O–H groups in total. The van der Waals surface area contributed by atoms with E-state index in [1.165, 1.54) is 0 Å². The molecule has 1 fully saturated rings. The third-order valence-corrected chi connectivity index (χ3v) is 4.86. The van der Waals surface area contributed by atoms with Crippen LogP contribution in [0.3, 0.4) is 0 Å². The van der Waals surface area contributed by atoms with Crippen LogP contribution in [0.5, 0.6) is 0 Å². The van der Waals surface area contributed by atoms with Gasteiger partial charge in [0.25, 0.3) is 0 Å². The SMILES string of the molecule is C[C@@H]1CCC[C@@H]1C(N)(CO)P(=O)(O)O. The lowest BCUT2D eigenvalue weighted by molar-refractivity contribution is 0.150. The minimum Gasteiger partial charge on any atom is -0.394 e. The lowest BCUT2D eigenvalue weighted by Gasteiger charge is -2.36. The molecule has 6 heteroatoms. The lowest BCUT2D eigenvalue weighted by Crippen LogP contribution is -2.51. The standard InChI is InChI=1S/C8H18NO4P/c1-6-3-2-4-7(6)8(9,5-10)14(11,12)13/h6-7,10H,2-5,9H2,1H3,(H2,11,12,13)/t6-,7+,8?/m1/s1. The normalized spacial score (nSPS) is 32.9. The fourth-order valence-electron chi connectivity index (χ4n) is 2.31. The van der Waals surface area contributed by atoms with Crippen molar-refractivity contribution in [1.82, 2.24) is 0 Å². The number of nitrogens with two attached hydrogens (primary N) is 1. The summed E-state index contributed by atoms with van der Waals surface area (Å²) in [6.45, 7) is 1.26. The molecular weight excluding hydrogens is 205 g/mol. The molecule has 0 aliphatic heterocycles. The minimum absolute atomic E-state index is 0.166. The number of aliphatic hydroxyl groups excluding tert-OH is 1. The van der Waals surface area contributed by atoms with Crippen LogP contribution in [-0.4, -0.2) is 26.8 Å². The van der Waals surface area contributed by atoms with Gasteiger partial charge in [0.15, 0.2) is 0 Å². The number of rotatable bonds is 3. The molecular formula is C8H18NO4P. The maximum Gasteiger partial charge on any atom is 0.347 e. The second-order valence-electron chi connectivity index (χ2n) is 4.21. The van der Waals surface area contributed by atoms with Crippen LogP contribution in [0.2, 0.25) is 0 Å². The van der Waals surface area contributed by atoms with Crippen LogP contribution in [0.4, 0.5) is 0 Å². The van der Waals surface area contributed by atoms with Crippen LogP contribution in [0.25, 0.3) is 0 Å². The predicted molar refractivity (Wildman–Crippen MR) is 52.6 cm³/mol. The summed E-state index contributed by atoms with van der Waals surface area (Å²) >= 11 is 0. The topological polar surface area (TPSA) is 104 Å². The van der Waals surface area contributed by atoms with Crippen LogP contribution in [-0.2, 0) is 4.57 Å². The van der Waals surface area contributed by atoms with Gasteiger partial charge in [-0.05, 0) is 18.3 Å². The monoisotopic (exact) mass is 223 g/mol. The molecule has 0 saturated heterocycles. The van der Waals surface area contributed by atoms with Crippen molar-refractivity contribution in [3.8, 4) is 0 Å². The molecule has 1 aliphatic carbocycles. The Morgan fingerprint density at radius 2 is 2.07 bits per heavy atom. The Kier molecular flexibility index (Phi) is 3.39. The van der Waals surface area contributed by atoms with Gasteiger partial charge in [-0.15, -0.1) is 0 Å². The predicted octanol–water partition coefficient (Wildman–Crippen LogP) is 0.248. The van der Waals surface area contributed by atoms with E-state index in [0.717, 1.165) is 12.8 Å². The van der Waals surface area contributed by atoms with Crippen molar-refractivity contribution in [3.05, 3.63) is 0 Å². The third-order valence-electron chi connectivity index (χ3n) is 3.30. The lowest BCUT2D eigenvalue weighted by atomic mass is 9.90. The number of hydrogen-bond acceptors (Lipinski definition) is 3. The van der Waals surface area contributed by atoms with E-state index in [2.05, 4.69) is 0 Å². The fourth-order valence-corrected chi connectivity index (χ4v) is 3.31. The zero-order valence-electron chi connectivity index (χ0n) is 8.26. The van der Waals surface area contributed by atoms with Gasteiger partial charge >= 0.3 is 7.60 Å². The Morgan fingerprint density at radius 3 is 2.36 bits per heavy atom. The van der Waals surface area contributed by atoms with Crippen molar-refractivity contribution < 1.29 is 19.5 Å². The van der Waals surface area contributed by atoms with Crippen LogP contribution >= 0.6 is 7.60 Å². The van der Waals surface area contributed by atoms with Gasteiger partial charge in [0.2, 0.25) is 0 Å².